The number of aryl methyl sites for hydroxylation is 1. The van der Waals surface area contributed by atoms with Crippen LogP contribution in [0.2, 0.25) is 0 Å². The van der Waals surface area contributed by atoms with E-state index in [1.54, 1.807) is 0 Å². The second-order valence-electron chi connectivity index (χ2n) is 4.47. The van der Waals surface area contributed by atoms with Gasteiger partial charge in [0.25, 0.3) is 11.8 Å². The Labute approximate surface area is 119 Å². The Morgan fingerprint density at radius 3 is 2.85 bits per heavy atom. The van der Waals surface area contributed by atoms with Gasteiger partial charge in [0.15, 0.2) is 0 Å². The topological polar surface area (TPSA) is 98.0 Å². The Morgan fingerprint density at radius 2 is 2.15 bits per heavy atom. The minimum Gasteiger partial charge on any atom is -0.365 e. The van der Waals surface area contributed by atoms with Crippen molar-refractivity contribution in [2.75, 3.05) is 5.32 Å². The number of nitrogens with zero attached hydrogens (tertiary/aromatic N) is 2. The van der Waals surface area contributed by atoms with Crippen LogP contribution in [0.1, 0.15) is 37.7 Å². The highest BCUT2D eigenvalue weighted by Crippen LogP contribution is 2.38. The molecule has 3 N–H and O–H groups in total. The van der Waals surface area contributed by atoms with Crippen molar-refractivity contribution in [2.45, 2.75) is 19.3 Å². The average molecular weight is 288 g/mol. The fourth-order valence-corrected chi connectivity index (χ4v) is 3.63. The first-order valence-electron chi connectivity index (χ1n) is 6.18. The van der Waals surface area contributed by atoms with Crippen LogP contribution in [0.5, 0.6) is 0 Å². The van der Waals surface area contributed by atoms with Crippen LogP contribution < -0.4 is 11.1 Å². The summed E-state index contributed by atoms with van der Waals surface area (Å²) in [6.07, 6.45) is 7.11. The largest absolute Gasteiger partial charge is 0.365 e. The molecule has 0 aliphatic heterocycles. The van der Waals surface area contributed by atoms with Crippen LogP contribution in [0.15, 0.2) is 18.6 Å². The summed E-state index contributed by atoms with van der Waals surface area (Å²) in [5.41, 5.74) is 7.07. The molecule has 2 amide bonds. The lowest BCUT2D eigenvalue weighted by Gasteiger charge is -2.05. The number of carbonyl (C=O) groups excluding carboxylic acids is 2. The zero-order valence-electron chi connectivity index (χ0n) is 10.5. The fraction of sp³-hybridized carbons (Fsp3) is 0.231. The third-order valence-electron chi connectivity index (χ3n) is 3.19. The van der Waals surface area contributed by atoms with Gasteiger partial charge in [-0.05, 0) is 24.8 Å². The number of rotatable bonds is 3. The number of thiophene rings is 1. The number of carbonyl (C=O) groups is 2. The summed E-state index contributed by atoms with van der Waals surface area (Å²) in [4.78, 5) is 32.6. The number of aromatic nitrogens is 2. The molecule has 0 spiro atoms. The van der Waals surface area contributed by atoms with E-state index in [1.165, 1.54) is 29.9 Å². The number of hydrogen-bond donors (Lipinski definition) is 2. The molecule has 2 heterocycles. The van der Waals surface area contributed by atoms with Crippen molar-refractivity contribution in [3.8, 4) is 0 Å². The lowest BCUT2D eigenvalue weighted by Crippen LogP contribution is -2.18. The van der Waals surface area contributed by atoms with Crippen LogP contribution in [-0.2, 0) is 12.8 Å². The third kappa shape index (κ3) is 2.16. The number of fused-ring (bicyclic) bond motifs is 1. The highest BCUT2D eigenvalue weighted by molar-refractivity contribution is 7.17. The smallest absolute Gasteiger partial charge is 0.276 e. The van der Waals surface area contributed by atoms with Gasteiger partial charge in [-0.15, -0.1) is 11.3 Å². The molecule has 0 saturated carbocycles. The van der Waals surface area contributed by atoms with E-state index in [0.29, 0.717) is 10.6 Å². The van der Waals surface area contributed by atoms with Crippen molar-refractivity contribution in [2.24, 2.45) is 5.73 Å². The van der Waals surface area contributed by atoms with E-state index in [1.807, 2.05) is 0 Å². The predicted molar refractivity (Wildman–Crippen MR) is 74.8 cm³/mol. The molecule has 0 unspecified atom stereocenters. The Bertz CT molecular complexity index is 681. The van der Waals surface area contributed by atoms with Gasteiger partial charge >= 0.3 is 0 Å². The van der Waals surface area contributed by atoms with Gasteiger partial charge in [0.2, 0.25) is 0 Å². The van der Waals surface area contributed by atoms with Gasteiger partial charge < -0.3 is 11.1 Å². The number of nitrogens with two attached hydrogens (primary N) is 1. The minimum atomic E-state index is -0.501. The van der Waals surface area contributed by atoms with Crippen LogP contribution in [0.25, 0.3) is 0 Å². The number of primary amides is 1. The Balaban J connectivity index is 1.92. The van der Waals surface area contributed by atoms with Crippen molar-refractivity contribution in [3.05, 3.63) is 40.3 Å². The molecular formula is C13H12N4O2S. The molecule has 0 fully saturated rings. The van der Waals surface area contributed by atoms with Gasteiger partial charge in [-0.1, -0.05) is 0 Å². The van der Waals surface area contributed by atoms with Crippen LogP contribution in [-0.4, -0.2) is 21.8 Å². The predicted octanol–water partition coefficient (Wildman–Crippen LogP) is 1.38. The summed E-state index contributed by atoms with van der Waals surface area (Å²) in [6.45, 7) is 0. The van der Waals surface area contributed by atoms with Gasteiger partial charge in [0.1, 0.15) is 10.7 Å². The van der Waals surface area contributed by atoms with E-state index in [-0.39, 0.29) is 11.6 Å². The molecule has 0 atom stereocenters. The van der Waals surface area contributed by atoms with Gasteiger partial charge in [-0.3, -0.25) is 14.6 Å². The number of hydrogen-bond acceptors (Lipinski definition) is 5. The monoisotopic (exact) mass is 288 g/mol. The van der Waals surface area contributed by atoms with Crippen LogP contribution in [0.3, 0.4) is 0 Å². The zero-order chi connectivity index (χ0) is 14.1. The van der Waals surface area contributed by atoms with Crippen molar-refractivity contribution in [1.82, 2.24) is 9.97 Å². The highest BCUT2D eigenvalue weighted by Gasteiger charge is 2.26. The average Bonchev–Trinajstić information content (AvgIpc) is 2.99. The molecule has 0 saturated heterocycles. The van der Waals surface area contributed by atoms with Crippen LogP contribution in [0, 0.1) is 0 Å². The van der Waals surface area contributed by atoms with E-state index in [4.69, 9.17) is 5.73 Å². The first-order valence-corrected chi connectivity index (χ1v) is 7.00. The van der Waals surface area contributed by atoms with Gasteiger partial charge in [0, 0.05) is 17.3 Å². The molecule has 2 aromatic rings. The molecule has 20 heavy (non-hydrogen) atoms. The molecular weight excluding hydrogens is 276 g/mol. The minimum absolute atomic E-state index is 0.205. The Hall–Kier alpha value is -2.28. The van der Waals surface area contributed by atoms with Crippen LogP contribution >= 0.6 is 11.3 Å². The summed E-state index contributed by atoms with van der Waals surface area (Å²) >= 11 is 1.42. The van der Waals surface area contributed by atoms with Crippen molar-refractivity contribution in [3.63, 3.8) is 0 Å². The molecule has 0 radical (unpaired) electrons. The molecule has 3 rings (SSSR count). The fourth-order valence-electron chi connectivity index (χ4n) is 2.34. The normalized spacial score (nSPS) is 13.0. The van der Waals surface area contributed by atoms with Gasteiger partial charge in [-0.2, -0.15) is 0 Å². The first kappa shape index (κ1) is 12.7. The van der Waals surface area contributed by atoms with Crippen molar-refractivity contribution >= 4 is 28.2 Å². The SMILES string of the molecule is NC(=O)c1c(NC(=O)c2cnccn2)sc2c1CCC2. The Morgan fingerprint density at radius 1 is 1.30 bits per heavy atom. The summed E-state index contributed by atoms with van der Waals surface area (Å²) in [5.74, 6) is -0.889. The molecule has 2 aromatic heterocycles. The van der Waals surface area contributed by atoms with E-state index in [0.717, 1.165) is 29.7 Å². The summed E-state index contributed by atoms with van der Waals surface area (Å²) in [6, 6.07) is 0. The van der Waals surface area contributed by atoms with E-state index in [9.17, 15) is 9.59 Å². The van der Waals surface area contributed by atoms with Crippen LogP contribution in [0.4, 0.5) is 5.00 Å². The van der Waals surface area contributed by atoms with Gasteiger partial charge in [0.05, 0.1) is 11.8 Å². The third-order valence-corrected chi connectivity index (χ3v) is 4.40. The molecule has 102 valence electrons. The van der Waals surface area contributed by atoms with Crippen molar-refractivity contribution < 1.29 is 9.59 Å². The quantitative estimate of drug-likeness (QED) is 0.891. The number of amides is 2. The zero-order valence-corrected chi connectivity index (χ0v) is 11.4. The summed E-state index contributed by atoms with van der Waals surface area (Å²) in [5, 5.41) is 3.23. The summed E-state index contributed by atoms with van der Waals surface area (Å²) < 4.78 is 0. The summed E-state index contributed by atoms with van der Waals surface area (Å²) in [7, 11) is 0. The van der Waals surface area contributed by atoms with Gasteiger partial charge in [-0.25, -0.2) is 4.98 Å². The molecule has 1 aliphatic rings. The maximum Gasteiger partial charge on any atom is 0.276 e. The number of nitrogens with one attached hydrogen (secondary N) is 1. The molecule has 7 heteroatoms. The maximum absolute atomic E-state index is 12.1. The molecule has 6 nitrogen and oxygen atoms in total. The van der Waals surface area contributed by atoms with E-state index >= 15 is 0 Å². The Kier molecular flexibility index (Phi) is 3.19. The van der Waals surface area contributed by atoms with E-state index in [2.05, 4.69) is 15.3 Å². The lowest BCUT2D eigenvalue weighted by atomic mass is 10.1. The maximum atomic E-state index is 12.1. The molecule has 0 bridgehead atoms. The lowest BCUT2D eigenvalue weighted by molar-refractivity contribution is 0.100. The van der Waals surface area contributed by atoms with E-state index < -0.39 is 5.91 Å². The standard InChI is InChI=1S/C13H12N4O2S/c14-11(18)10-7-2-1-3-9(7)20-13(10)17-12(19)8-6-15-4-5-16-8/h4-6H,1-3H2,(H2,14,18)(H,17,19). The second kappa shape index (κ2) is 5.01. The molecule has 0 aromatic carbocycles. The van der Waals surface area contributed by atoms with Crippen molar-refractivity contribution in [1.29, 1.82) is 0 Å². The number of anilines is 1. The molecule has 1 aliphatic carbocycles. The highest BCUT2D eigenvalue weighted by atomic mass is 32.1. The first-order chi connectivity index (χ1) is 9.66. The second-order valence-corrected chi connectivity index (χ2v) is 5.58.